The van der Waals surface area contributed by atoms with E-state index in [1.54, 1.807) is 41.5 Å². The van der Waals surface area contributed by atoms with E-state index >= 15 is 0 Å². The number of amides is 3. The Balaban J connectivity index is 4.57. The molecule has 0 unspecified atom stereocenters. The Morgan fingerprint density at radius 1 is 0.800 bits per heavy atom. The van der Waals surface area contributed by atoms with Crippen molar-refractivity contribution in [3.05, 3.63) is 0 Å². The van der Waals surface area contributed by atoms with Crippen LogP contribution in [0.15, 0.2) is 0 Å². The van der Waals surface area contributed by atoms with Crippen LogP contribution in [-0.4, -0.2) is 61.5 Å². The highest BCUT2D eigenvalue weighted by Gasteiger charge is 2.24. The zero-order chi connectivity index (χ0) is 23.4. The van der Waals surface area contributed by atoms with E-state index in [2.05, 4.69) is 20.7 Å². The second kappa shape index (κ2) is 12.9. The summed E-state index contributed by atoms with van der Waals surface area (Å²) >= 11 is 0. The summed E-state index contributed by atoms with van der Waals surface area (Å²) in [5.74, 6) is -0.870. The minimum atomic E-state index is -0.834. The van der Waals surface area contributed by atoms with Crippen LogP contribution in [0.1, 0.15) is 67.2 Å². The van der Waals surface area contributed by atoms with Crippen molar-refractivity contribution in [2.45, 2.75) is 84.5 Å². The number of nitrogens with one attached hydrogen (secondary N) is 3. The molecule has 10 nitrogen and oxygen atoms in total. The van der Waals surface area contributed by atoms with Gasteiger partial charge in [-0.25, -0.2) is 9.59 Å². The maximum Gasteiger partial charge on any atom is 0.408 e. The van der Waals surface area contributed by atoms with Gasteiger partial charge in [0.25, 0.3) is 0 Å². The highest BCUT2D eigenvalue weighted by Crippen LogP contribution is 2.09. The lowest BCUT2D eigenvalue weighted by molar-refractivity contribution is -0.140. The molecule has 0 aliphatic carbocycles. The lowest BCUT2D eigenvalue weighted by atomic mass is 10.1. The fourth-order valence-corrected chi connectivity index (χ4v) is 2.21. The number of carbonyl (C=O) groups is 4. The Labute approximate surface area is 178 Å². The van der Waals surface area contributed by atoms with E-state index in [4.69, 9.17) is 9.47 Å². The van der Waals surface area contributed by atoms with Crippen LogP contribution in [0.2, 0.25) is 0 Å². The first-order valence-electron chi connectivity index (χ1n) is 10.0. The Kier molecular flexibility index (Phi) is 11.8. The van der Waals surface area contributed by atoms with Crippen molar-refractivity contribution in [3.8, 4) is 0 Å². The molecule has 0 aromatic heterocycles. The number of hydrogen-bond acceptors (Lipinski definition) is 7. The highest BCUT2D eigenvalue weighted by molar-refractivity contribution is 5.86. The van der Waals surface area contributed by atoms with Crippen molar-refractivity contribution >= 4 is 24.1 Å². The molecule has 0 aromatic carbocycles. The summed E-state index contributed by atoms with van der Waals surface area (Å²) in [4.78, 5) is 47.3. The molecule has 0 fully saturated rings. The number of carbonyl (C=O) groups excluding carboxylic acids is 4. The van der Waals surface area contributed by atoms with Gasteiger partial charge in [-0.2, -0.15) is 0 Å². The average molecular weight is 432 g/mol. The molecule has 0 aliphatic rings. The largest absolute Gasteiger partial charge is 0.469 e. The Morgan fingerprint density at radius 2 is 1.37 bits per heavy atom. The molecule has 0 heterocycles. The molecule has 0 bridgehead atoms. The molecule has 0 saturated carbocycles. The van der Waals surface area contributed by atoms with Crippen LogP contribution in [0.5, 0.6) is 0 Å². The predicted molar refractivity (Wildman–Crippen MR) is 111 cm³/mol. The van der Waals surface area contributed by atoms with Crippen molar-refractivity contribution in [1.29, 1.82) is 0 Å². The monoisotopic (exact) mass is 431 g/mol. The van der Waals surface area contributed by atoms with Crippen LogP contribution in [-0.2, 0) is 23.8 Å². The van der Waals surface area contributed by atoms with E-state index in [-0.39, 0.29) is 13.0 Å². The van der Waals surface area contributed by atoms with Crippen LogP contribution in [0.3, 0.4) is 0 Å². The molecule has 0 spiro atoms. The number of alkyl carbamates (subject to hydrolysis) is 2. The van der Waals surface area contributed by atoms with Gasteiger partial charge in [-0.15, -0.1) is 0 Å². The number of rotatable bonds is 10. The van der Waals surface area contributed by atoms with Gasteiger partial charge in [0.15, 0.2) is 0 Å². The topological polar surface area (TPSA) is 132 Å². The van der Waals surface area contributed by atoms with E-state index in [0.717, 1.165) is 0 Å². The van der Waals surface area contributed by atoms with Gasteiger partial charge in [-0.3, -0.25) is 9.59 Å². The third kappa shape index (κ3) is 15.4. The zero-order valence-corrected chi connectivity index (χ0v) is 19.2. The fourth-order valence-electron chi connectivity index (χ4n) is 2.21. The van der Waals surface area contributed by atoms with Gasteiger partial charge in [-0.1, -0.05) is 0 Å². The van der Waals surface area contributed by atoms with Gasteiger partial charge in [0.05, 0.1) is 13.5 Å². The molecular formula is C20H37N3O7. The summed E-state index contributed by atoms with van der Waals surface area (Å²) in [5.41, 5.74) is -1.28. The second-order valence-corrected chi connectivity index (χ2v) is 8.74. The van der Waals surface area contributed by atoms with E-state index in [1.807, 2.05) is 0 Å². The molecule has 0 radical (unpaired) electrons. The first-order valence-corrected chi connectivity index (χ1v) is 10.0. The molecular weight excluding hydrogens is 394 g/mol. The van der Waals surface area contributed by atoms with Crippen molar-refractivity contribution in [2.75, 3.05) is 20.2 Å². The summed E-state index contributed by atoms with van der Waals surface area (Å²) in [6, 6.07) is -0.834. The quantitative estimate of drug-likeness (QED) is 0.274. The average Bonchev–Trinajstić information content (AvgIpc) is 2.56. The van der Waals surface area contributed by atoms with Gasteiger partial charge < -0.3 is 30.2 Å². The minimum absolute atomic E-state index is 0.0290. The lowest BCUT2D eigenvalue weighted by Crippen LogP contribution is -2.48. The normalized spacial score (nSPS) is 12.4. The molecule has 0 aromatic rings. The summed E-state index contributed by atoms with van der Waals surface area (Å²) in [6.45, 7) is 11.0. The number of unbranched alkanes of at least 4 members (excludes halogenated alkanes) is 1. The van der Waals surface area contributed by atoms with Gasteiger partial charge in [-0.05, 0) is 60.8 Å². The third-order valence-corrected chi connectivity index (χ3v) is 3.45. The molecule has 3 amide bonds. The van der Waals surface area contributed by atoms with E-state index in [0.29, 0.717) is 25.8 Å². The van der Waals surface area contributed by atoms with Crippen molar-refractivity contribution in [1.82, 2.24) is 16.0 Å². The molecule has 30 heavy (non-hydrogen) atoms. The second-order valence-electron chi connectivity index (χ2n) is 8.74. The Hall–Kier alpha value is -2.52. The summed E-state index contributed by atoms with van der Waals surface area (Å²) in [5, 5.41) is 7.80. The standard InChI is InChI=1S/C20H37N3O7/c1-19(2,3)29-17(26)22-12-9-8-10-14(23-18(27)30-20(4,5)6)16(25)21-13-11-15(24)28-7/h14H,8-13H2,1-7H3,(H,21,25)(H,22,26)(H,23,27)/t14-/m0/s1. The zero-order valence-electron chi connectivity index (χ0n) is 19.2. The highest BCUT2D eigenvalue weighted by atomic mass is 16.6. The van der Waals surface area contributed by atoms with E-state index in [1.165, 1.54) is 7.11 Å². The molecule has 0 saturated heterocycles. The lowest BCUT2D eigenvalue weighted by Gasteiger charge is -2.23. The molecule has 1 atom stereocenters. The van der Waals surface area contributed by atoms with Gasteiger partial charge in [0, 0.05) is 13.1 Å². The smallest absolute Gasteiger partial charge is 0.408 e. The molecule has 0 aliphatic heterocycles. The first kappa shape index (κ1) is 27.5. The molecule has 0 rings (SSSR count). The van der Waals surface area contributed by atoms with Crippen LogP contribution in [0, 0.1) is 0 Å². The summed E-state index contributed by atoms with van der Waals surface area (Å²) in [6.07, 6.45) is 0.288. The van der Waals surface area contributed by atoms with E-state index < -0.39 is 41.3 Å². The fraction of sp³-hybridized carbons (Fsp3) is 0.800. The number of ether oxygens (including phenoxy) is 3. The van der Waals surface area contributed by atoms with Crippen molar-refractivity contribution in [2.24, 2.45) is 0 Å². The molecule has 3 N–H and O–H groups in total. The van der Waals surface area contributed by atoms with Gasteiger partial charge in [0.2, 0.25) is 5.91 Å². The number of hydrogen-bond donors (Lipinski definition) is 3. The van der Waals surface area contributed by atoms with E-state index in [9.17, 15) is 19.2 Å². The minimum Gasteiger partial charge on any atom is -0.469 e. The van der Waals surface area contributed by atoms with Gasteiger partial charge in [0.1, 0.15) is 17.2 Å². The Bertz CT molecular complexity index is 580. The third-order valence-electron chi connectivity index (χ3n) is 3.45. The van der Waals surface area contributed by atoms with Crippen molar-refractivity contribution < 1.29 is 33.4 Å². The number of esters is 1. The maximum absolute atomic E-state index is 12.4. The molecule has 174 valence electrons. The maximum atomic E-state index is 12.4. The summed E-state index contributed by atoms with van der Waals surface area (Å²) in [7, 11) is 1.27. The summed E-state index contributed by atoms with van der Waals surface area (Å²) < 4.78 is 14.9. The van der Waals surface area contributed by atoms with Gasteiger partial charge >= 0.3 is 18.2 Å². The van der Waals surface area contributed by atoms with Crippen LogP contribution in [0.25, 0.3) is 0 Å². The Morgan fingerprint density at radius 3 is 1.90 bits per heavy atom. The van der Waals surface area contributed by atoms with Crippen LogP contribution < -0.4 is 16.0 Å². The molecule has 10 heteroatoms. The number of methoxy groups -OCH3 is 1. The first-order chi connectivity index (χ1) is 13.7. The van der Waals surface area contributed by atoms with Crippen LogP contribution >= 0.6 is 0 Å². The SMILES string of the molecule is COC(=O)CCNC(=O)[C@H](CCCCNC(=O)OC(C)(C)C)NC(=O)OC(C)(C)C. The predicted octanol–water partition coefficient (Wildman–Crippen LogP) is 2.25. The van der Waals surface area contributed by atoms with Crippen molar-refractivity contribution in [3.63, 3.8) is 0 Å². The van der Waals surface area contributed by atoms with Crippen LogP contribution in [0.4, 0.5) is 9.59 Å².